The monoisotopic (exact) mass is 519 g/mol. The molecular weight excluding hydrogens is 473 g/mol. The maximum absolute atomic E-state index is 15.1. The summed E-state index contributed by atoms with van der Waals surface area (Å²) in [6.45, 7) is 11.0. The van der Waals surface area contributed by atoms with Crippen LogP contribution in [-0.2, 0) is 14.4 Å². The average Bonchev–Trinajstić information content (AvgIpc) is 2.87. The van der Waals surface area contributed by atoms with Gasteiger partial charge in [0.15, 0.2) is 6.04 Å². The summed E-state index contributed by atoms with van der Waals surface area (Å²) in [4.78, 5) is 41.6. The molecule has 0 spiro atoms. The van der Waals surface area contributed by atoms with Gasteiger partial charge in [-0.1, -0.05) is 33.8 Å². The lowest BCUT2D eigenvalue weighted by atomic mass is 9.71. The molecule has 0 aromatic heterocycles. The molecule has 1 heterocycles. The maximum Gasteiger partial charge on any atom is 0.282 e. The second-order valence-corrected chi connectivity index (χ2v) is 11.8. The molecule has 6 N–H and O–H groups in total. The van der Waals surface area contributed by atoms with Gasteiger partial charge in [0.05, 0.1) is 38.9 Å². The molecular formula is C28H46FN5O3+2. The number of hydrogen-bond acceptors (Lipinski definition) is 3. The lowest BCUT2D eigenvalue weighted by Crippen LogP contribution is -3.12. The number of quaternary nitrogens is 2. The summed E-state index contributed by atoms with van der Waals surface area (Å²) in [7, 11) is 2.09. The number of benzene rings is 1. The number of carbonyl (C=O) groups is 3. The van der Waals surface area contributed by atoms with Crippen molar-refractivity contribution in [2.75, 3.05) is 38.5 Å². The number of rotatable bonds is 8. The van der Waals surface area contributed by atoms with E-state index in [1.807, 2.05) is 6.92 Å². The molecule has 1 aromatic rings. The average molecular weight is 520 g/mol. The fourth-order valence-corrected chi connectivity index (χ4v) is 5.35. The molecule has 9 heteroatoms. The first kappa shape index (κ1) is 29.0. The first-order valence-corrected chi connectivity index (χ1v) is 13.7. The minimum atomic E-state index is -0.787. The summed E-state index contributed by atoms with van der Waals surface area (Å²) in [5, 5.41) is 5.58. The molecule has 2 fully saturated rings. The van der Waals surface area contributed by atoms with Crippen molar-refractivity contribution < 1.29 is 29.4 Å². The summed E-state index contributed by atoms with van der Waals surface area (Å²) < 4.78 is 15.1. The Morgan fingerprint density at radius 3 is 2.38 bits per heavy atom. The van der Waals surface area contributed by atoms with E-state index in [1.54, 1.807) is 17.9 Å². The highest BCUT2D eigenvalue weighted by Gasteiger charge is 2.36. The molecule has 1 aromatic carbocycles. The van der Waals surface area contributed by atoms with Crippen LogP contribution in [0.15, 0.2) is 18.2 Å². The predicted octanol–water partition coefficient (Wildman–Crippen LogP) is 0.946. The van der Waals surface area contributed by atoms with Crippen LogP contribution < -0.4 is 21.3 Å². The van der Waals surface area contributed by atoms with Gasteiger partial charge in [-0.05, 0) is 48.8 Å². The van der Waals surface area contributed by atoms with Crippen molar-refractivity contribution in [2.45, 2.75) is 77.8 Å². The molecule has 3 rings (SSSR count). The third-order valence-electron chi connectivity index (χ3n) is 8.40. The van der Waals surface area contributed by atoms with Crippen molar-refractivity contribution in [3.05, 3.63) is 29.6 Å². The highest BCUT2D eigenvalue weighted by atomic mass is 19.1. The molecule has 37 heavy (non-hydrogen) atoms. The Hall–Kier alpha value is -2.52. The van der Waals surface area contributed by atoms with Crippen molar-refractivity contribution in [1.29, 1.82) is 0 Å². The van der Waals surface area contributed by atoms with Crippen LogP contribution in [0.25, 0.3) is 0 Å². The van der Waals surface area contributed by atoms with Gasteiger partial charge in [0, 0.05) is 18.3 Å². The number of likely N-dealkylation sites (N-methyl/N-ethyl adjacent to an activating group) is 1. The van der Waals surface area contributed by atoms with Gasteiger partial charge < -0.3 is 26.2 Å². The number of hydrogen-bond donors (Lipinski definition) is 4. The van der Waals surface area contributed by atoms with Crippen molar-refractivity contribution in [2.24, 2.45) is 11.3 Å². The van der Waals surface area contributed by atoms with E-state index in [9.17, 15) is 14.4 Å². The maximum atomic E-state index is 15.1. The molecule has 1 saturated heterocycles. The van der Waals surface area contributed by atoms with Gasteiger partial charge in [-0.2, -0.15) is 0 Å². The lowest BCUT2D eigenvalue weighted by Gasteiger charge is -2.35. The highest BCUT2D eigenvalue weighted by molar-refractivity contribution is 5.94. The molecule has 1 saturated carbocycles. The lowest BCUT2D eigenvalue weighted by molar-refractivity contribution is -0.883. The summed E-state index contributed by atoms with van der Waals surface area (Å²) in [5.41, 5.74) is 5.08. The van der Waals surface area contributed by atoms with Crippen molar-refractivity contribution in [1.82, 2.24) is 10.2 Å². The Kier molecular flexibility index (Phi) is 9.69. The van der Waals surface area contributed by atoms with Gasteiger partial charge in [0.1, 0.15) is 11.9 Å². The van der Waals surface area contributed by atoms with Crippen LogP contribution in [0.2, 0.25) is 0 Å². The molecule has 3 atom stereocenters. The van der Waals surface area contributed by atoms with Crippen LogP contribution in [0.5, 0.6) is 0 Å². The number of nitrogens with one attached hydrogen (secondary N) is 3. The zero-order valence-electron chi connectivity index (χ0n) is 23.2. The first-order chi connectivity index (χ1) is 17.4. The second kappa shape index (κ2) is 12.3. The van der Waals surface area contributed by atoms with Gasteiger partial charge in [0.25, 0.3) is 5.91 Å². The molecule has 3 amide bonds. The normalized spacial score (nSPS) is 21.1. The Bertz CT molecular complexity index is 967. The van der Waals surface area contributed by atoms with Crippen molar-refractivity contribution in [3.63, 3.8) is 0 Å². The topological polar surface area (TPSA) is 111 Å². The molecule has 8 nitrogen and oxygen atoms in total. The second-order valence-electron chi connectivity index (χ2n) is 11.8. The van der Waals surface area contributed by atoms with Crippen LogP contribution in [0, 0.1) is 17.2 Å². The smallest absolute Gasteiger partial charge is 0.282 e. The Morgan fingerprint density at radius 1 is 1.19 bits per heavy atom. The fourth-order valence-electron chi connectivity index (χ4n) is 5.35. The van der Waals surface area contributed by atoms with Gasteiger partial charge >= 0.3 is 0 Å². The Morgan fingerprint density at radius 2 is 1.81 bits per heavy atom. The zero-order chi connectivity index (χ0) is 27.3. The van der Waals surface area contributed by atoms with Crippen LogP contribution in [0.3, 0.4) is 0 Å². The largest absolute Gasteiger partial charge is 0.347 e. The van der Waals surface area contributed by atoms with Crippen LogP contribution >= 0.6 is 0 Å². The minimum absolute atomic E-state index is 0.105. The van der Waals surface area contributed by atoms with E-state index in [4.69, 9.17) is 0 Å². The van der Waals surface area contributed by atoms with Gasteiger partial charge in [-0.25, -0.2) is 4.39 Å². The van der Waals surface area contributed by atoms with E-state index in [0.717, 1.165) is 38.8 Å². The molecule has 2 aliphatic rings. The summed E-state index contributed by atoms with van der Waals surface area (Å²) >= 11 is 0. The number of piperazine rings is 1. The van der Waals surface area contributed by atoms with E-state index >= 15 is 4.39 Å². The quantitative estimate of drug-likeness (QED) is 0.410. The van der Waals surface area contributed by atoms with Crippen LogP contribution in [0.1, 0.15) is 71.3 Å². The van der Waals surface area contributed by atoms with E-state index in [-0.39, 0.29) is 35.7 Å². The fraction of sp³-hybridized carbons (Fsp3) is 0.679. The first-order valence-electron chi connectivity index (χ1n) is 13.7. The van der Waals surface area contributed by atoms with Crippen LogP contribution in [0.4, 0.5) is 10.1 Å². The number of halogens is 1. The van der Waals surface area contributed by atoms with Crippen molar-refractivity contribution in [3.8, 4) is 0 Å². The Labute approximate surface area is 220 Å². The minimum Gasteiger partial charge on any atom is -0.347 e. The van der Waals surface area contributed by atoms with Gasteiger partial charge in [-0.3, -0.25) is 14.4 Å². The van der Waals surface area contributed by atoms with E-state index in [0.29, 0.717) is 24.1 Å². The number of anilines is 1. The summed E-state index contributed by atoms with van der Waals surface area (Å²) in [6.07, 6.45) is 4.26. The SMILES string of the molecule is CCC(=O)N[C@@H](C(=O)N1CC[NH+](C)CC1)[C@@H](C)c1ccc(NC(=O)[C@@H]([NH3+])C2CCC(C)(C)CC2)c(F)c1. The van der Waals surface area contributed by atoms with E-state index in [2.05, 4.69) is 37.3 Å². The zero-order valence-corrected chi connectivity index (χ0v) is 23.2. The highest BCUT2D eigenvalue weighted by Crippen LogP contribution is 2.38. The molecule has 0 radical (unpaired) electrons. The molecule has 0 unspecified atom stereocenters. The van der Waals surface area contributed by atoms with Crippen LogP contribution in [-0.4, -0.2) is 67.9 Å². The van der Waals surface area contributed by atoms with E-state index < -0.39 is 23.8 Å². The standard InChI is InChI=1S/C28H44FN5O3/c1-6-23(35)32-25(27(37)34-15-13-33(5)14-16-34)18(2)20-7-8-22(21(29)17-20)31-26(36)24(30)19-9-11-28(3,4)12-10-19/h7-8,17-19,24-25H,6,9-16,30H2,1-5H3,(H,31,36)(H,32,35)/p+2/t18-,24-,25+/m0/s1. The number of amides is 3. The summed E-state index contributed by atoms with van der Waals surface area (Å²) in [5.74, 6) is -1.45. The van der Waals surface area contributed by atoms with Gasteiger partial charge in [-0.15, -0.1) is 0 Å². The number of carbonyl (C=O) groups excluding carboxylic acids is 3. The third kappa shape index (κ3) is 7.51. The van der Waals surface area contributed by atoms with Gasteiger partial charge in [0.2, 0.25) is 11.8 Å². The molecule has 1 aliphatic heterocycles. The predicted molar refractivity (Wildman–Crippen MR) is 141 cm³/mol. The third-order valence-corrected chi connectivity index (χ3v) is 8.40. The van der Waals surface area contributed by atoms with Crippen molar-refractivity contribution >= 4 is 23.4 Å². The van der Waals surface area contributed by atoms with E-state index in [1.165, 1.54) is 17.0 Å². The molecule has 1 aliphatic carbocycles. The number of nitrogens with zero attached hydrogens (tertiary/aromatic N) is 1. The summed E-state index contributed by atoms with van der Waals surface area (Å²) in [6, 6.07) is 3.39. The molecule has 0 bridgehead atoms. The Balaban J connectivity index is 1.70. The molecule has 206 valence electrons.